The van der Waals surface area contributed by atoms with E-state index in [1.165, 1.54) is 0 Å². The molecule has 0 unspecified atom stereocenters. The molecule has 0 aliphatic rings. The number of rotatable bonds is 4. The van der Waals surface area contributed by atoms with Gasteiger partial charge in [0.05, 0.1) is 0 Å². The summed E-state index contributed by atoms with van der Waals surface area (Å²) in [5.41, 5.74) is 2.41. The van der Waals surface area contributed by atoms with Crippen LogP contribution in [-0.2, 0) is 0 Å². The zero-order valence-corrected chi connectivity index (χ0v) is 13.9. The molecule has 2 N–H and O–H groups in total. The van der Waals surface area contributed by atoms with Crippen molar-refractivity contribution in [1.29, 1.82) is 0 Å². The average molecular weight is 343 g/mol. The number of hydrogen-bond acceptors (Lipinski definition) is 3. The first kappa shape index (κ1) is 15.9. The van der Waals surface area contributed by atoms with Crippen LogP contribution in [0.1, 0.15) is 17.4 Å². The number of urea groups is 1. The lowest BCUT2D eigenvalue weighted by Gasteiger charge is -2.17. The van der Waals surface area contributed by atoms with Gasteiger partial charge in [0, 0.05) is 23.5 Å². The topological polar surface area (TPSA) is 67.2 Å². The van der Waals surface area contributed by atoms with Crippen molar-refractivity contribution in [3.63, 3.8) is 0 Å². The second-order valence-electron chi connectivity index (χ2n) is 5.86. The molecule has 1 atom stereocenters. The molecule has 4 aromatic rings. The Morgan fingerprint density at radius 2 is 1.65 bits per heavy atom. The highest BCUT2D eigenvalue weighted by molar-refractivity contribution is 5.89. The molecule has 0 aliphatic carbocycles. The van der Waals surface area contributed by atoms with Crippen LogP contribution >= 0.6 is 0 Å². The van der Waals surface area contributed by atoms with Gasteiger partial charge in [-0.05, 0) is 29.8 Å². The van der Waals surface area contributed by atoms with Crippen LogP contribution in [-0.4, -0.2) is 11.0 Å². The van der Waals surface area contributed by atoms with Crippen LogP contribution in [0.5, 0.6) is 0 Å². The Kier molecular flexibility index (Phi) is 4.35. The predicted octanol–water partition coefficient (Wildman–Crippen LogP) is 4.74. The van der Waals surface area contributed by atoms with Crippen molar-refractivity contribution >= 4 is 22.7 Å². The van der Waals surface area contributed by atoms with E-state index in [2.05, 4.69) is 15.6 Å². The number of carbonyl (C=O) groups excluding carboxylic acids is 1. The van der Waals surface area contributed by atoms with Gasteiger partial charge in [0.2, 0.25) is 0 Å². The van der Waals surface area contributed by atoms with E-state index < -0.39 is 6.04 Å². The summed E-state index contributed by atoms with van der Waals surface area (Å²) in [6, 6.07) is 22.2. The van der Waals surface area contributed by atoms with Gasteiger partial charge in [-0.1, -0.05) is 48.5 Å². The molecule has 0 fully saturated rings. The molecule has 0 aliphatic heterocycles. The predicted molar refractivity (Wildman–Crippen MR) is 101 cm³/mol. The standard InChI is InChI=1S/C21H17N3O2/c25-21(23-17-10-12-22-13-11-17)24-20(15-6-2-1-3-7-15)19-14-16-8-4-5-9-18(16)26-19/h1-14,20H,(H2,22,23,24,25)/t20-/m0/s1. The number of carbonyl (C=O) groups is 1. The number of para-hydroxylation sites is 1. The number of amides is 2. The molecular formula is C21H17N3O2. The Morgan fingerprint density at radius 1 is 0.923 bits per heavy atom. The monoisotopic (exact) mass is 343 g/mol. The second kappa shape index (κ2) is 7.11. The number of nitrogens with zero attached hydrogens (tertiary/aromatic N) is 1. The lowest BCUT2D eigenvalue weighted by atomic mass is 10.0. The molecule has 26 heavy (non-hydrogen) atoms. The lowest BCUT2D eigenvalue weighted by Crippen LogP contribution is -2.33. The van der Waals surface area contributed by atoms with E-state index in [4.69, 9.17) is 4.42 Å². The molecule has 5 nitrogen and oxygen atoms in total. The highest BCUT2D eigenvalue weighted by atomic mass is 16.3. The minimum absolute atomic E-state index is 0.314. The van der Waals surface area contributed by atoms with Crippen LogP contribution in [0.25, 0.3) is 11.0 Å². The summed E-state index contributed by atoms with van der Waals surface area (Å²) >= 11 is 0. The molecule has 2 amide bonds. The third kappa shape index (κ3) is 3.42. The van der Waals surface area contributed by atoms with Crippen LogP contribution in [0.3, 0.4) is 0 Å². The van der Waals surface area contributed by atoms with E-state index in [1.807, 2.05) is 60.7 Å². The van der Waals surface area contributed by atoms with Gasteiger partial charge in [-0.3, -0.25) is 4.98 Å². The average Bonchev–Trinajstić information content (AvgIpc) is 3.11. The third-order valence-corrected chi connectivity index (χ3v) is 4.08. The van der Waals surface area contributed by atoms with Crippen molar-refractivity contribution in [2.24, 2.45) is 0 Å². The minimum Gasteiger partial charge on any atom is -0.459 e. The van der Waals surface area contributed by atoms with Gasteiger partial charge in [-0.15, -0.1) is 0 Å². The zero-order valence-electron chi connectivity index (χ0n) is 13.9. The summed E-state index contributed by atoms with van der Waals surface area (Å²) in [4.78, 5) is 16.4. The van der Waals surface area contributed by atoms with E-state index in [1.54, 1.807) is 24.5 Å². The molecule has 0 bridgehead atoms. The number of hydrogen-bond donors (Lipinski definition) is 2. The van der Waals surface area contributed by atoms with E-state index in [9.17, 15) is 4.79 Å². The fourth-order valence-electron chi connectivity index (χ4n) is 2.84. The highest BCUT2D eigenvalue weighted by Gasteiger charge is 2.20. The normalized spacial score (nSPS) is 11.8. The lowest BCUT2D eigenvalue weighted by molar-refractivity contribution is 0.249. The van der Waals surface area contributed by atoms with Crippen LogP contribution in [0.2, 0.25) is 0 Å². The molecule has 0 saturated heterocycles. The molecule has 2 aromatic heterocycles. The second-order valence-corrected chi connectivity index (χ2v) is 5.86. The molecular weight excluding hydrogens is 326 g/mol. The number of fused-ring (bicyclic) bond motifs is 1. The largest absolute Gasteiger partial charge is 0.459 e. The molecule has 2 aromatic carbocycles. The number of nitrogens with one attached hydrogen (secondary N) is 2. The first-order chi connectivity index (χ1) is 12.8. The number of aromatic nitrogens is 1. The van der Waals surface area contributed by atoms with Gasteiger partial charge in [0.15, 0.2) is 0 Å². The third-order valence-electron chi connectivity index (χ3n) is 4.08. The minimum atomic E-state index is -0.398. The van der Waals surface area contributed by atoms with Crippen molar-refractivity contribution in [2.45, 2.75) is 6.04 Å². The van der Waals surface area contributed by atoms with Crippen LogP contribution < -0.4 is 10.6 Å². The van der Waals surface area contributed by atoms with Crippen molar-refractivity contribution < 1.29 is 9.21 Å². The van der Waals surface area contributed by atoms with Crippen LogP contribution in [0.4, 0.5) is 10.5 Å². The smallest absolute Gasteiger partial charge is 0.320 e. The summed E-state index contributed by atoms with van der Waals surface area (Å²) in [5.74, 6) is 0.683. The molecule has 5 heteroatoms. The Morgan fingerprint density at radius 3 is 2.42 bits per heavy atom. The van der Waals surface area contributed by atoms with Gasteiger partial charge in [-0.25, -0.2) is 4.79 Å². The Labute approximate surface area is 150 Å². The Hall–Kier alpha value is -3.60. The summed E-state index contributed by atoms with van der Waals surface area (Å²) in [5, 5.41) is 6.81. The molecule has 4 rings (SSSR count). The van der Waals surface area contributed by atoms with Gasteiger partial charge in [0.25, 0.3) is 0 Å². The summed E-state index contributed by atoms with van der Waals surface area (Å²) in [6.07, 6.45) is 3.26. The Bertz CT molecular complexity index is 980. The number of anilines is 1. The molecule has 2 heterocycles. The van der Waals surface area contributed by atoms with Gasteiger partial charge >= 0.3 is 6.03 Å². The SMILES string of the molecule is O=C(Nc1ccncc1)N[C@@H](c1ccccc1)c1cc2ccccc2o1. The molecule has 128 valence electrons. The number of pyridine rings is 1. The maximum absolute atomic E-state index is 12.5. The fourth-order valence-corrected chi connectivity index (χ4v) is 2.84. The van der Waals surface area contributed by atoms with Crippen LogP contribution in [0, 0.1) is 0 Å². The quantitative estimate of drug-likeness (QED) is 0.562. The first-order valence-corrected chi connectivity index (χ1v) is 8.30. The maximum Gasteiger partial charge on any atom is 0.320 e. The van der Waals surface area contributed by atoms with E-state index in [-0.39, 0.29) is 6.03 Å². The van der Waals surface area contributed by atoms with Gasteiger partial charge in [0.1, 0.15) is 17.4 Å². The van der Waals surface area contributed by atoms with Crippen molar-refractivity contribution in [3.05, 3.63) is 96.5 Å². The molecule has 0 saturated carbocycles. The van der Waals surface area contributed by atoms with E-state index in [0.717, 1.165) is 16.5 Å². The fraction of sp³-hybridized carbons (Fsp3) is 0.0476. The van der Waals surface area contributed by atoms with Gasteiger partial charge < -0.3 is 15.1 Å². The van der Waals surface area contributed by atoms with E-state index >= 15 is 0 Å². The first-order valence-electron chi connectivity index (χ1n) is 8.30. The van der Waals surface area contributed by atoms with Crippen molar-refractivity contribution in [3.8, 4) is 0 Å². The number of furan rings is 1. The van der Waals surface area contributed by atoms with Crippen LogP contribution in [0.15, 0.2) is 89.6 Å². The number of benzene rings is 2. The summed E-state index contributed by atoms with van der Waals surface area (Å²) in [6.45, 7) is 0. The summed E-state index contributed by atoms with van der Waals surface area (Å²) in [7, 11) is 0. The summed E-state index contributed by atoms with van der Waals surface area (Å²) < 4.78 is 5.98. The molecule has 0 spiro atoms. The van der Waals surface area contributed by atoms with E-state index in [0.29, 0.717) is 11.4 Å². The molecule has 0 radical (unpaired) electrons. The van der Waals surface area contributed by atoms with Crippen molar-refractivity contribution in [2.75, 3.05) is 5.32 Å². The highest BCUT2D eigenvalue weighted by Crippen LogP contribution is 2.28. The Balaban J connectivity index is 1.64. The van der Waals surface area contributed by atoms with Gasteiger partial charge in [-0.2, -0.15) is 0 Å². The van der Waals surface area contributed by atoms with Crippen molar-refractivity contribution in [1.82, 2.24) is 10.3 Å². The maximum atomic E-state index is 12.5. The zero-order chi connectivity index (χ0) is 17.8.